The van der Waals surface area contributed by atoms with Gasteiger partial charge in [-0.25, -0.2) is 4.98 Å². The van der Waals surface area contributed by atoms with Gasteiger partial charge < -0.3 is 25.3 Å². The Morgan fingerprint density at radius 1 is 1.25 bits per heavy atom. The van der Waals surface area contributed by atoms with E-state index in [9.17, 15) is 9.59 Å². The van der Waals surface area contributed by atoms with Crippen molar-refractivity contribution in [2.45, 2.75) is 19.3 Å². The van der Waals surface area contributed by atoms with E-state index in [0.717, 1.165) is 38.0 Å². The van der Waals surface area contributed by atoms with Gasteiger partial charge in [0.05, 0.1) is 17.8 Å². The number of fused-ring (bicyclic) bond motifs is 2. The Labute approximate surface area is 186 Å². The van der Waals surface area contributed by atoms with Gasteiger partial charge in [0.15, 0.2) is 0 Å². The number of nitrogens with one attached hydrogen (secondary N) is 3. The van der Waals surface area contributed by atoms with E-state index < -0.39 is 0 Å². The molecule has 0 spiro atoms. The SMILES string of the molecule is O=C(NCCc1c[nH]c2ccccc12)c1cnc2c(c1)N(CC1CCOCC1)C(=O)CN2. The maximum Gasteiger partial charge on any atom is 0.252 e. The topological polar surface area (TPSA) is 99.3 Å². The zero-order chi connectivity index (χ0) is 21.9. The van der Waals surface area contributed by atoms with E-state index >= 15 is 0 Å². The molecule has 4 heterocycles. The summed E-state index contributed by atoms with van der Waals surface area (Å²) in [6.07, 6.45) is 6.16. The van der Waals surface area contributed by atoms with Crippen molar-refractivity contribution in [1.29, 1.82) is 0 Å². The summed E-state index contributed by atoms with van der Waals surface area (Å²) in [6, 6.07) is 9.90. The Morgan fingerprint density at radius 3 is 2.97 bits per heavy atom. The molecule has 166 valence electrons. The van der Waals surface area contributed by atoms with Crippen LogP contribution in [-0.4, -0.2) is 54.6 Å². The summed E-state index contributed by atoms with van der Waals surface area (Å²) in [5, 5.41) is 7.22. The molecule has 2 aliphatic heterocycles. The molecule has 0 aliphatic carbocycles. The number of benzene rings is 1. The third-order valence-corrected chi connectivity index (χ3v) is 6.27. The first-order chi connectivity index (χ1) is 15.7. The molecule has 5 rings (SSSR count). The number of hydrogen-bond acceptors (Lipinski definition) is 5. The van der Waals surface area contributed by atoms with Crippen LogP contribution in [0.25, 0.3) is 10.9 Å². The molecule has 1 aromatic carbocycles. The maximum absolute atomic E-state index is 12.8. The van der Waals surface area contributed by atoms with Gasteiger partial charge in [0.2, 0.25) is 5.91 Å². The van der Waals surface area contributed by atoms with Crippen LogP contribution in [0.15, 0.2) is 42.7 Å². The van der Waals surface area contributed by atoms with E-state index in [1.165, 1.54) is 10.9 Å². The second-order valence-electron chi connectivity index (χ2n) is 8.37. The normalized spacial score (nSPS) is 16.6. The highest BCUT2D eigenvalue weighted by atomic mass is 16.5. The summed E-state index contributed by atoms with van der Waals surface area (Å²) in [7, 11) is 0. The van der Waals surface area contributed by atoms with Crippen molar-refractivity contribution in [2.75, 3.05) is 43.1 Å². The van der Waals surface area contributed by atoms with Gasteiger partial charge in [-0.2, -0.15) is 0 Å². The quantitative estimate of drug-likeness (QED) is 0.555. The van der Waals surface area contributed by atoms with Gasteiger partial charge >= 0.3 is 0 Å². The molecule has 8 heteroatoms. The van der Waals surface area contributed by atoms with Crippen LogP contribution in [0.5, 0.6) is 0 Å². The zero-order valence-corrected chi connectivity index (χ0v) is 17.9. The van der Waals surface area contributed by atoms with Crippen LogP contribution < -0.4 is 15.5 Å². The highest BCUT2D eigenvalue weighted by molar-refractivity contribution is 6.04. The van der Waals surface area contributed by atoms with Crippen LogP contribution in [-0.2, 0) is 16.0 Å². The summed E-state index contributed by atoms with van der Waals surface area (Å²) < 4.78 is 5.44. The number of hydrogen-bond donors (Lipinski definition) is 3. The van der Waals surface area contributed by atoms with E-state index in [4.69, 9.17) is 4.74 Å². The molecule has 32 heavy (non-hydrogen) atoms. The lowest BCUT2D eigenvalue weighted by molar-refractivity contribution is -0.117. The van der Waals surface area contributed by atoms with E-state index in [-0.39, 0.29) is 18.4 Å². The number of amides is 2. The summed E-state index contributed by atoms with van der Waals surface area (Å²) in [6.45, 7) is 2.83. The lowest BCUT2D eigenvalue weighted by Gasteiger charge is -2.33. The van der Waals surface area contributed by atoms with Crippen LogP contribution in [0.4, 0.5) is 11.5 Å². The molecule has 1 fully saturated rings. The molecule has 0 saturated carbocycles. The van der Waals surface area contributed by atoms with E-state index in [1.807, 2.05) is 24.4 Å². The van der Waals surface area contributed by atoms with E-state index in [1.54, 1.807) is 17.2 Å². The highest BCUT2D eigenvalue weighted by Gasteiger charge is 2.29. The minimum absolute atomic E-state index is 0.00249. The van der Waals surface area contributed by atoms with Gasteiger partial charge in [-0.05, 0) is 42.9 Å². The lowest BCUT2D eigenvalue weighted by Crippen LogP contribution is -2.44. The van der Waals surface area contributed by atoms with Gasteiger partial charge in [0.1, 0.15) is 5.82 Å². The first-order valence-electron chi connectivity index (χ1n) is 11.1. The molecule has 2 amide bonds. The molecular formula is C24H27N5O3. The fourth-order valence-corrected chi connectivity index (χ4v) is 4.45. The first-order valence-corrected chi connectivity index (χ1v) is 11.1. The monoisotopic (exact) mass is 433 g/mol. The van der Waals surface area contributed by atoms with Gasteiger partial charge in [-0.1, -0.05) is 18.2 Å². The van der Waals surface area contributed by atoms with Crippen molar-refractivity contribution < 1.29 is 14.3 Å². The van der Waals surface area contributed by atoms with Gasteiger partial charge in [0.25, 0.3) is 5.91 Å². The Morgan fingerprint density at radius 2 is 2.09 bits per heavy atom. The number of para-hydroxylation sites is 1. The van der Waals surface area contributed by atoms with Gasteiger partial charge in [0, 0.05) is 49.6 Å². The Hall–Kier alpha value is -3.39. The van der Waals surface area contributed by atoms with Crippen molar-refractivity contribution >= 4 is 34.2 Å². The Kier molecular flexibility index (Phi) is 5.77. The van der Waals surface area contributed by atoms with Crippen LogP contribution >= 0.6 is 0 Å². The lowest BCUT2D eigenvalue weighted by atomic mass is 9.99. The van der Waals surface area contributed by atoms with Crippen LogP contribution in [0.3, 0.4) is 0 Å². The van der Waals surface area contributed by atoms with E-state index in [0.29, 0.717) is 36.1 Å². The van der Waals surface area contributed by atoms with Gasteiger partial charge in [-0.3, -0.25) is 9.59 Å². The number of aromatic nitrogens is 2. The molecular weight excluding hydrogens is 406 g/mol. The predicted molar refractivity (Wildman–Crippen MR) is 123 cm³/mol. The minimum Gasteiger partial charge on any atom is -0.381 e. The number of carbonyl (C=O) groups excluding carboxylic acids is 2. The van der Waals surface area contributed by atoms with Crippen LogP contribution in [0.2, 0.25) is 0 Å². The molecule has 2 aromatic heterocycles. The number of H-pyrrole nitrogens is 1. The molecule has 2 aliphatic rings. The molecule has 8 nitrogen and oxygen atoms in total. The summed E-state index contributed by atoms with van der Waals surface area (Å²) >= 11 is 0. The van der Waals surface area contributed by atoms with Crippen molar-refractivity contribution in [1.82, 2.24) is 15.3 Å². The summed E-state index contributed by atoms with van der Waals surface area (Å²) in [5.41, 5.74) is 3.39. The average molecular weight is 434 g/mol. The van der Waals surface area contributed by atoms with Crippen molar-refractivity contribution in [3.05, 3.63) is 53.9 Å². The predicted octanol–water partition coefficient (Wildman–Crippen LogP) is 2.72. The maximum atomic E-state index is 12.8. The standard InChI is InChI=1S/C24H27N5O3/c30-22-14-28-23-21(29(22)15-16-6-9-32-10-7-16)11-18(13-27-23)24(31)25-8-5-17-12-26-20-4-2-1-3-19(17)20/h1-4,11-13,16,26H,5-10,14-15H2,(H,25,31)(H,27,28). The smallest absolute Gasteiger partial charge is 0.252 e. The van der Waals surface area contributed by atoms with E-state index in [2.05, 4.69) is 26.7 Å². The Balaban J connectivity index is 1.26. The molecule has 1 saturated heterocycles. The number of ether oxygens (including phenoxy) is 1. The van der Waals surface area contributed by atoms with Crippen molar-refractivity contribution in [3.8, 4) is 0 Å². The summed E-state index contributed by atoms with van der Waals surface area (Å²) in [5.74, 6) is 0.853. The van der Waals surface area contributed by atoms with Crippen molar-refractivity contribution in [3.63, 3.8) is 0 Å². The number of anilines is 2. The van der Waals surface area contributed by atoms with Gasteiger partial charge in [-0.15, -0.1) is 0 Å². The Bertz CT molecular complexity index is 1140. The average Bonchev–Trinajstić information content (AvgIpc) is 3.24. The van der Waals surface area contributed by atoms with Crippen molar-refractivity contribution in [2.24, 2.45) is 5.92 Å². The molecule has 3 N–H and O–H groups in total. The third-order valence-electron chi connectivity index (χ3n) is 6.27. The largest absolute Gasteiger partial charge is 0.381 e. The third kappa shape index (κ3) is 4.18. The second kappa shape index (κ2) is 9.00. The number of pyridine rings is 1. The highest BCUT2D eigenvalue weighted by Crippen LogP contribution is 2.30. The minimum atomic E-state index is -0.191. The number of rotatable bonds is 6. The zero-order valence-electron chi connectivity index (χ0n) is 17.9. The fourth-order valence-electron chi connectivity index (χ4n) is 4.45. The number of nitrogens with zero attached hydrogens (tertiary/aromatic N) is 2. The number of aromatic amines is 1. The first kappa shape index (κ1) is 20.5. The molecule has 0 radical (unpaired) electrons. The fraction of sp³-hybridized carbons (Fsp3) is 0.375. The molecule has 0 atom stereocenters. The summed E-state index contributed by atoms with van der Waals surface area (Å²) in [4.78, 5) is 34.9. The molecule has 0 bridgehead atoms. The molecule has 3 aromatic rings. The number of carbonyl (C=O) groups is 2. The second-order valence-corrected chi connectivity index (χ2v) is 8.37. The molecule has 0 unspecified atom stereocenters. The van der Waals surface area contributed by atoms with Crippen LogP contribution in [0, 0.1) is 5.92 Å². The van der Waals surface area contributed by atoms with Crippen LogP contribution in [0.1, 0.15) is 28.8 Å².